The van der Waals surface area contributed by atoms with E-state index in [2.05, 4.69) is 9.73 Å². The molecule has 1 aliphatic rings. The van der Waals surface area contributed by atoms with E-state index in [0.717, 1.165) is 5.57 Å². The Bertz CT molecular complexity index is 326. The van der Waals surface area contributed by atoms with Crippen LogP contribution in [0.3, 0.4) is 0 Å². The van der Waals surface area contributed by atoms with Crippen LogP contribution in [0, 0.1) is 0 Å². The fourth-order valence-electron chi connectivity index (χ4n) is 1.18. The molecule has 0 unspecified atom stereocenters. The number of aliphatic imine (C=N–C) groups is 1. The molecular formula is C10H13NO3. The molecule has 1 heterocycles. The van der Waals surface area contributed by atoms with Crippen molar-refractivity contribution in [2.75, 3.05) is 13.7 Å². The molecule has 1 rings (SSSR count). The van der Waals surface area contributed by atoms with E-state index >= 15 is 0 Å². The van der Waals surface area contributed by atoms with Crippen LogP contribution >= 0.6 is 0 Å². The van der Waals surface area contributed by atoms with Crippen LogP contribution in [0.25, 0.3) is 0 Å². The van der Waals surface area contributed by atoms with Crippen molar-refractivity contribution in [2.45, 2.75) is 13.3 Å². The molecule has 0 aromatic heterocycles. The van der Waals surface area contributed by atoms with Gasteiger partial charge in [0.2, 0.25) is 5.90 Å². The Morgan fingerprint density at radius 2 is 2.29 bits per heavy atom. The van der Waals surface area contributed by atoms with Gasteiger partial charge in [-0.2, -0.15) is 0 Å². The zero-order valence-electron chi connectivity index (χ0n) is 8.28. The summed E-state index contributed by atoms with van der Waals surface area (Å²) in [5.74, 6) is -0.438. The SMILES string of the molecule is COC(=O)C1=C(/C)CC/N=C(O)/C=C\1. The Labute approximate surface area is 82.6 Å². The number of esters is 1. The lowest BCUT2D eigenvalue weighted by Gasteiger charge is -2.07. The van der Waals surface area contributed by atoms with Crippen molar-refractivity contribution in [1.82, 2.24) is 0 Å². The Balaban J connectivity index is 2.99. The lowest BCUT2D eigenvalue weighted by atomic mass is 10.1. The summed E-state index contributed by atoms with van der Waals surface area (Å²) < 4.78 is 4.62. The van der Waals surface area contributed by atoms with Gasteiger partial charge >= 0.3 is 5.97 Å². The van der Waals surface area contributed by atoms with Crippen molar-refractivity contribution in [3.05, 3.63) is 23.3 Å². The highest BCUT2D eigenvalue weighted by atomic mass is 16.5. The smallest absolute Gasteiger partial charge is 0.337 e. The third-order valence-electron chi connectivity index (χ3n) is 2.02. The Morgan fingerprint density at radius 1 is 1.57 bits per heavy atom. The maximum Gasteiger partial charge on any atom is 0.337 e. The molecule has 0 amide bonds. The molecule has 0 aliphatic carbocycles. The number of aliphatic hydroxyl groups excluding tert-OH is 1. The predicted octanol–water partition coefficient (Wildman–Crippen LogP) is 1.39. The molecule has 0 saturated heterocycles. The molecular weight excluding hydrogens is 182 g/mol. The maximum atomic E-state index is 11.3. The van der Waals surface area contributed by atoms with Gasteiger partial charge < -0.3 is 9.84 Å². The molecule has 1 aliphatic heterocycles. The zero-order chi connectivity index (χ0) is 10.6. The van der Waals surface area contributed by atoms with E-state index in [-0.39, 0.29) is 11.9 Å². The van der Waals surface area contributed by atoms with Crippen LogP contribution in [-0.4, -0.2) is 30.6 Å². The number of aliphatic hydroxyl groups is 1. The molecule has 0 saturated carbocycles. The lowest BCUT2D eigenvalue weighted by molar-refractivity contribution is -0.135. The monoisotopic (exact) mass is 195 g/mol. The molecule has 4 heteroatoms. The number of nitrogens with zero attached hydrogens (tertiary/aromatic N) is 1. The second kappa shape index (κ2) is 4.60. The van der Waals surface area contributed by atoms with E-state index in [1.165, 1.54) is 19.3 Å². The highest BCUT2D eigenvalue weighted by Gasteiger charge is 2.11. The maximum absolute atomic E-state index is 11.3. The van der Waals surface area contributed by atoms with E-state index in [1.807, 2.05) is 6.92 Å². The van der Waals surface area contributed by atoms with Gasteiger partial charge in [0.05, 0.1) is 12.7 Å². The van der Waals surface area contributed by atoms with Gasteiger partial charge in [-0.25, -0.2) is 4.79 Å². The highest BCUT2D eigenvalue weighted by Crippen LogP contribution is 2.13. The van der Waals surface area contributed by atoms with Crippen LogP contribution in [0.15, 0.2) is 28.3 Å². The van der Waals surface area contributed by atoms with Crippen LogP contribution < -0.4 is 0 Å². The number of methoxy groups -OCH3 is 1. The molecule has 4 nitrogen and oxygen atoms in total. The fraction of sp³-hybridized carbons (Fsp3) is 0.400. The van der Waals surface area contributed by atoms with Crippen LogP contribution in [0.5, 0.6) is 0 Å². The van der Waals surface area contributed by atoms with Gasteiger partial charge in [0.15, 0.2) is 0 Å². The first-order valence-corrected chi connectivity index (χ1v) is 4.34. The minimum Gasteiger partial charge on any atom is -0.494 e. The molecule has 14 heavy (non-hydrogen) atoms. The number of rotatable bonds is 1. The minimum absolute atomic E-state index is 0.0566. The van der Waals surface area contributed by atoms with Crippen molar-refractivity contribution >= 4 is 11.9 Å². The number of hydrogen-bond acceptors (Lipinski definition) is 3. The van der Waals surface area contributed by atoms with E-state index in [9.17, 15) is 4.79 Å². The molecule has 0 aromatic rings. The van der Waals surface area contributed by atoms with Crippen LogP contribution in [0.2, 0.25) is 0 Å². The van der Waals surface area contributed by atoms with E-state index in [0.29, 0.717) is 18.5 Å². The average molecular weight is 195 g/mol. The van der Waals surface area contributed by atoms with Gasteiger partial charge in [0.25, 0.3) is 0 Å². The molecule has 0 radical (unpaired) electrons. The molecule has 1 N–H and O–H groups in total. The average Bonchev–Trinajstić information content (AvgIpc) is 2.15. The van der Waals surface area contributed by atoms with Gasteiger partial charge in [-0.05, 0) is 19.4 Å². The summed E-state index contributed by atoms with van der Waals surface area (Å²) in [4.78, 5) is 15.1. The van der Waals surface area contributed by atoms with Crippen molar-refractivity contribution in [3.8, 4) is 0 Å². The van der Waals surface area contributed by atoms with E-state index < -0.39 is 0 Å². The van der Waals surface area contributed by atoms with Gasteiger partial charge in [-0.15, -0.1) is 0 Å². The van der Waals surface area contributed by atoms with Crippen LogP contribution in [0.4, 0.5) is 0 Å². The van der Waals surface area contributed by atoms with Gasteiger partial charge in [-0.3, -0.25) is 4.99 Å². The fourth-order valence-corrected chi connectivity index (χ4v) is 1.18. The molecule has 76 valence electrons. The summed E-state index contributed by atoms with van der Waals surface area (Å²) in [6.45, 7) is 2.34. The van der Waals surface area contributed by atoms with Crippen molar-refractivity contribution in [2.24, 2.45) is 4.99 Å². The quantitative estimate of drug-likeness (QED) is 0.643. The second-order valence-corrected chi connectivity index (χ2v) is 3.01. The first kappa shape index (κ1) is 10.5. The third-order valence-corrected chi connectivity index (χ3v) is 2.02. The molecule has 0 atom stereocenters. The van der Waals surface area contributed by atoms with Crippen LogP contribution in [0.1, 0.15) is 13.3 Å². The van der Waals surface area contributed by atoms with Crippen molar-refractivity contribution in [3.63, 3.8) is 0 Å². The Morgan fingerprint density at radius 3 is 2.93 bits per heavy atom. The summed E-state index contributed by atoms with van der Waals surface area (Å²) in [6.07, 6.45) is 3.58. The molecule has 0 bridgehead atoms. The summed E-state index contributed by atoms with van der Waals surface area (Å²) in [5.41, 5.74) is 1.42. The Kier molecular flexibility index (Phi) is 3.45. The lowest BCUT2D eigenvalue weighted by Crippen LogP contribution is -2.08. The molecule has 0 spiro atoms. The van der Waals surface area contributed by atoms with Crippen LogP contribution in [-0.2, 0) is 9.53 Å². The largest absolute Gasteiger partial charge is 0.494 e. The zero-order valence-corrected chi connectivity index (χ0v) is 8.28. The first-order chi connectivity index (χ1) is 6.65. The predicted molar refractivity (Wildman–Crippen MR) is 53.4 cm³/mol. The minimum atomic E-state index is -0.381. The second-order valence-electron chi connectivity index (χ2n) is 3.01. The highest BCUT2D eigenvalue weighted by molar-refractivity contribution is 5.95. The first-order valence-electron chi connectivity index (χ1n) is 4.34. The van der Waals surface area contributed by atoms with Gasteiger partial charge in [0, 0.05) is 12.6 Å². The standard InChI is InChI=1S/C10H13NO3/c1-7-5-6-11-9(12)4-3-8(7)10(13)14-2/h3-4H,5-6H2,1-2H3,(H,11,12)/b4-3-,8-7-. The summed E-state index contributed by atoms with van der Waals surface area (Å²) in [7, 11) is 1.34. The van der Waals surface area contributed by atoms with E-state index in [4.69, 9.17) is 5.11 Å². The number of hydrogen-bond donors (Lipinski definition) is 1. The van der Waals surface area contributed by atoms with Crippen molar-refractivity contribution < 1.29 is 14.6 Å². The van der Waals surface area contributed by atoms with Gasteiger partial charge in [-0.1, -0.05) is 5.57 Å². The van der Waals surface area contributed by atoms with E-state index in [1.54, 1.807) is 0 Å². The number of ether oxygens (including phenoxy) is 1. The van der Waals surface area contributed by atoms with Crippen molar-refractivity contribution in [1.29, 1.82) is 0 Å². The van der Waals surface area contributed by atoms with Gasteiger partial charge in [0.1, 0.15) is 0 Å². The molecule has 0 aromatic carbocycles. The molecule has 0 fully saturated rings. The summed E-state index contributed by atoms with van der Waals surface area (Å²) >= 11 is 0. The third kappa shape index (κ3) is 2.45. The summed E-state index contributed by atoms with van der Waals surface area (Å²) in [5, 5.41) is 9.16. The topological polar surface area (TPSA) is 58.9 Å². The normalized spacial score (nSPS) is 28.3. The Hall–Kier alpha value is -1.58. The summed E-state index contributed by atoms with van der Waals surface area (Å²) in [6, 6.07) is 0. The number of carbonyl (C=O) groups is 1. The number of carbonyl (C=O) groups excluding carboxylic acids is 1.